The maximum atomic E-state index is 9.83. The summed E-state index contributed by atoms with van der Waals surface area (Å²) in [6, 6.07) is 0. The molecular formula is C18H38O17. The van der Waals surface area contributed by atoms with Gasteiger partial charge in [0, 0.05) is 0 Å². The van der Waals surface area contributed by atoms with Crippen LogP contribution in [0.25, 0.3) is 0 Å². The predicted octanol–water partition coefficient (Wildman–Crippen LogP) is -9.35. The second-order valence-corrected chi connectivity index (χ2v) is 7.77. The van der Waals surface area contributed by atoms with Crippen molar-refractivity contribution in [3.63, 3.8) is 0 Å². The van der Waals surface area contributed by atoms with Crippen LogP contribution in [0.5, 0.6) is 0 Å². The Kier molecular flexibility index (Phi) is 16.6. The van der Waals surface area contributed by atoms with Gasteiger partial charge in [0.15, 0.2) is 6.29 Å². The van der Waals surface area contributed by atoms with Gasteiger partial charge in [-0.2, -0.15) is 0 Å². The lowest BCUT2D eigenvalue weighted by Crippen LogP contribution is -2.61. The fourth-order valence-electron chi connectivity index (χ4n) is 2.84. The van der Waals surface area contributed by atoms with E-state index >= 15 is 0 Å². The third-order valence-corrected chi connectivity index (χ3v) is 5.14. The first kappa shape index (κ1) is 34.3. The average molecular weight is 526 g/mol. The molecule has 15 N–H and O–H groups in total. The molecule has 0 amide bonds. The first-order chi connectivity index (χ1) is 16.3. The smallest absolute Gasteiger partial charge is 0.187 e. The van der Waals surface area contributed by atoms with E-state index in [1.165, 1.54) is 0 Å². The normalized spacial score (nSPS) is 31.8. The van der Waals surface area contributed by atoms with Gasteiger partial charge in [-0.25, -0.2) is 0 Å². The molecule has 13 atom stereocenters. The lowest BCUT2D eigenvalue weighted by atomic mass is 9.98. The van der Waals surface area contributed by atoms with Crippen molar-refractivity contribution in [1.82, 2.24) is 0 Å². The second kappa shape index (κ2) is 16.9. The van der Waals surface area contributed by atoms with Crippen LogP contribution in [0.4, 0.5) is 0 Å². The first-order valence-corrected chi connectivity index (χ1v) is 10.5. The topological polar surface area (TPSA) is 322 Å². The van der Waals surface area contributed by atoms with Crippen molar-refractivity contribution in [3.8, 4) is 0 Å². The molecule has 35 heavy (non-hydrogen) atoms. The van der Waals surface area contributed by atoms with Gasteiger partial charge in [0.2, 0.25) is 0 Å². The summed E-state index contributed by atoms with van der Waals surface area (Å²) in [5.74, 6) is 0. The summed E-state index contributed by atoms with van der Waals surface area (Å²) in [6.45, 7) is -3.91. The largest absolute Gasteiger partial charge is 0.394 e. The van der Waals surface area contributed by atoms with E-state index in [4.69, 9.17) is 55.4 Å². The number of aliphatic hydroxyl groups excluding tert-OH is 15. The zero-order valence-corrected chi connectivity index (χ0v) is 18.6. The first-order valence-electron chi connectivity index (χ1n) is 10.5. The fraction of sp³-hybridized carbons (Fsp3) is 1.00. The Hall–Kier alpha value is -0.680. The van der Waals surface area contributed by atoms with Gasteiger partial charge >= 0.3 is 0 Å². The second-order valence-electron chi connectivity index (χ2n) is 7.77. The zero-order valence-electron chi connectivity index (χ0n) is 18.6. The van der Waals surface area contributed by atoms with Gasteiger partial charge in [-0.15, -0.1) is 0 Å². The van der Waals surface area contributed by atoms with Gasteiger partial charge in [-0.1, -0.05) is 0 Å². The highest BCUT2D eigenvalue weighted by atomic mass is 16.7. The quantitative estimate of drug-likeness (QED) is 0.106. The summed E-state index contributed by atoms with van der Waals surface area (Å²) in [4.78, 5) is 0. The number of rotatable bonds is 13. The molecule has 0 bridgehead atoms. The minimum absolute atomic E-state index is 0.708. The maximum absolute atomic E-state index is 9.83. The highest BCUT2D eigenvalue weighted by Gasteiger charge is 2.46. The summed E-state index contributed by atoms with van der Waals surface area (Å²) in [6.07, 6.45) is -21.5. The lowest BCUT2D eigenvalue weighted by molar-refractivity contribution is -0.327. The van der Waals surface area contributed by atoms with Crippen molar-refractivity contribution in [2.45, 2.75) is 79.5 Å². The Bertz CT molecular complexity index is 527. The summed E-state index contributed by atoms with van der Waals surface area (Å²) in [5.41, 5.74) is 0. The Morgan fingerprint density at radius 2 is 0.943 bits per heavy atom. The van der Waals surface area contributed by atoms with Crippen molar-refractivity contribution in [2.75, 3.05) is 33.0 Å². The van der Waals surface area contributed by atoms with Gasteiger partial charge in [0.05, 0.1) is 33.0 Å². The van der Waals surface area contributed by atoms with Crippen molar-refractivity contribution in [2.24, 2.45) is 0 Å². The molecule has 0 spiro atoms. The molecule has 1 aliphatic rings. The molecule has 212 valence electrons. The Balaban J connectivity index is 0.000000814. The van der Waals surface area contributed by atoms with Crippen LogP contribution in [0.2, 0.25) is 0 Å². The molecule has 1 aliphatic heterocycles. The molecule has 0 aromatic carbocycles. The van der Waals surface area contributed by atoms with Gasteiger partial charge < -0.3 is 86.1 Å². The Morgan fingerprint density at radius 3 is 1.31 bits per heavy atom. The van der Waals surface area contributed by atoms with Crippen molar-refractivity contribution in [1.29, 1.82) is 0 Å². The summed E-state index contributed by atoms with van der Waals surface area (Å²) >= 11 is 0. The van der Waals surface area contributed by atoms with Crippen molar-refractivity contribution < 1.29 is 86.1 Å². The SMILES string of the molecule is OC[C@@H](O)[C@@H](O)[C@H](O)[C@@H](O)CO.OC[C@@H](O)[C@@H](O[C@@H]1O[C@H](CO)[C@H](O)[C@H](O)[C@H]1O)[C@H](O)[C@@H](O)CO. The molecule has 0 saturated carbocycles. The number of hydrogen-bond donors (Lipinski definition) is 15. The van der Waals surface area contributed by atoms with Crippen LogP contribution in [0.1, 0.15) is 0 Å². The van der Waals surface area contributed by atoms with Crippen molar-refractivity contribution >= 4 is 0 Å². The van der Waals surface area contributed by atoms with Crippen LogP contribution >= 0.6 is 0 Å². The highest BCUT2D eigenvalue weighted by molar-refractivity contribution is 4.91. The molecule has 0 radical (unpaired) electrons. The summed E-state index contributed by atoms with van der Waals surface area (Å²) in [7, 11) is 0. The molecule has 0 unspecified atom stereocenters. The number of ether oxygens (including phenoxy) is 2. The number of aliphatic hydroxyl groups is 15. The van der Waals surface area contributed by atoms with Crippen LogP contribution in [0.15, 0.2) is 0 Å². The predicted molar refractivity (Wildman–Crippen MR) is 109 cm³/mol. The zero-order chi connectivity index (χ0) is 27.5. The molecule has 17 heteroatoms. The molecule has 0 aromatic heterocycles. The maximum Gasteiger partial charge on any atom is 0.187 e. The monoisotopic (exact) mass is 526 g/mol. The Morgan fingerprint density at radius 1 is 0.543 bits per heavy atom. The van der Waals surface area contributed by atoms with Gasteiger partial charge in [-0.05, 0) is 0 Å². The van der Waals surface area contributed by atoms with Crippen LogP contribution in [0.3, 0.4) is 0 Å². The fourth-order valence-corrected chi connectivity index (χ4v) is 2.84. The molecule has 1 fully saturated rings. The summed E-state index contributed by atoms with van der Waals surface area (Å²) in [5, 5.41) is 137. The summed E-state index contributed by atoms with van der Waals surface area (Å²) < 4.78 is 10.1. The van der Waals surface area contributed by atoms with Crippen LogP contribution in [-0.4, -0.2) is 189 Å². The lowest BCUT2D eigenvalue weighted by Gasteiger charge is -2.42. The van der Waals surface area contributed by atoms with E-state index in [9.17, 15) is 30.6 Å². The standard InChI is InChI=1S/C12H24O11.C6H14O6/c13-1-4(16)7(18)11(5(17)2-14)23-12-10(21)9(20)8(19)6(3-15)22-12;7-1-3(9)5(11)6(12)4(10)2-8/h4-21H,1-3H2;3-12H,1-2H2/t4-,5+,6+,7+,8-,9-,10+,11+,12-;3-,4+,5-,6-/m01/s1. The van der Waals surface area contributed by atoms with Gasteiger partial charge in [0.1, 0.15) is 73.2 Å². The minimum Gasteiger partial charge on any atom is -0.394 e. The van der Waals surface area contributed by atoms with Crippen molar-refractivity contribution in [3.05, 3.63) is 0 Å². The molecule has 17 nitrogen and oxygen atoms in total. The molecule has 1 rings (SSSR count). The molecule has 1 saturated heterocycles. The van der Waals surface area contributed by atoms with Crippen LogP contribution in [-0.2, 0) is 9.47 Å². The van der Waals surface area contributed by atoms with Crippen LogP contribution in [0, 0.1) is 0 Å². The third-order valence-electron chi connectivity index (χ3n) is 5.14. The van der Waals surface area contributed by atoms with E-state index in [-0.39, 0.29) is 0 Å². The highest BCUT2D eigenvalue weighted by Crippen LogP contribution is 2.24. The average Bonchev–Trinajstić information content (AvgIpc) is 2.88. The van der Waals surface area contributed by atoms with E-state index in [0.717, 1.165) is 0 Å². The van der Waals surface area contributed by atoms with E-state index in [0.29, 0.717) is 0 Å². The molecule has 0 aromatic rings. The van der Waals surface area contributed by atoms with E-state index in [2.05, 4.69) is 0 Å². The van der Waals surface area contributed by atoms with Crippen LogP contribution < -0.4 is 0 Å². The van der Waals surface area contributed by atoms with E-state index in [1.54, 1.807) is 0 Å². The molecular weight excluding hydrogens is 488 g/mol. The molecule has 0 aliphatic carbocycles. The van der Waals surface area contributed by atoms with Gasteiger partial charge in [-0.3, -0.25) is 0 Å². The third kappa shape index (κ3) is 9.95. The molecule has 1 heterocycles. The Labute approximate surface area is 199 Å². The number of hydrogen-bond acceptors (Lipinski definition) is 17. The van der Waals surface area contributed by atoms with Gasteiger partial charge in [0.25, 0.3) is 0 Å². The van der Waals surface area contributed by atoms with E-state index < -0.39 is 113 Å². The van der Waals surface area contributed by atoms with E-state index in [1.807, 2.05) is 0 Å². The minimum atomic E-state index is -1.85.